The first-order valence-corrected chi connectivity index (χ1v) is 11.6. The summed E-state index contributed by atoms with van der Waals surface area (Å²) in [6, 6.07) is 4.13. The Labute approximate surface area is 222 Å². The summed E-state index contributed by atoms with van der Waals surface area (Å²) in [5.41, 5.74) is 0.808. The Kier molecular flexibility index (Phi) is 9.40. The number of amides is 1. The highest BCUT2D eigenvalue weighted by Gasteiger charge is 2.48. The van der Waals surface area contributed by atoms with Gasteiger partial charge in [0.25, 0.3) is 5.91 Å². The number of esters is 1. The first kappa shape index (κ1) is 30.1. The monoisotopic (exact) mass is 583 g/mol. The van der Waals surface area contributed by atoms with Gasteiger partial charge in [-0.2, -0.15) is 31.3 Å². The fraction of sp³-hybridized carbons (Fsp3) is 0.348. The van der Waals surface area contributed by atoms with Crippen LogP contribution in [0.25, 0.3) is 0 Å². The molecule has 2 unspecified atom stereocenters. The number of nitrogens with one attached hydrogen (secondary N) is 3. The predicted octanol–water partition coefficient (Wildman–Crippen LogP) is 4.73. The predicted molar refractivity (Wildman–Crippen MR) is 126 cm³/mol. The highest BCUT2D eigenvalue weighted by molar-refractivity contribution is 6.31. The van der Waals surface area contributed by atoms with Crippen molar-refractivity contribution in [2.75, 3.05) is 18.5 Å². The second-order valence-electron chi connectivity index (χ2n) is 8.18. The fourth-order valence-corrected chi connectivity index (χ4v) is 3.75. The van der Waals surface area contributed by atoms with E-state index in [2.05, 4.69) is 21.1 Å². The molecule has 212 valence electrons. The van der Waals surface area contributed by atoms with Crippen molar-refractivity contribution in [3.8, 4) is 0 Å². The quantitative estimate of drug-likeness (QED) is 0.196. The Morgan fingerprint density at radius 1 is 1.13 bits per heavy atom. The van der Waals surface area contributed by atoms with E-state index in [1.165, 1.54) is 13.0 Å². The number of anilines is 1. The summed E-state index contributed by atoms with van der Waals surface area (Å²) in [5, 5.41) is 5.94. The zero-order chi connectivity index (χ0) is 29.0. The van der Waals surface area contributed by atoms with Crippen molar-refractivity contribution in [2.45, 2.75) is 37.9 Å². The number of hydrazine groups is 1. The van der Waals surface area contributed by atoms with Crippen molar-refractivity contribution in [3.63, 3.8) is 0 Å². The van der Waals surface area contributed by atoms with Gasteiger partial charge < -0.3 is 15.4 Å². The zero-order valence-corrected chi connectivity index (χ0v) is 20.7. The van der Waals surface area contributed by atoms with Crippen molar-refractivity contribution < 1.29 is 45.1 Å². The summed E-state index contributed by atoms with van der Waals surface area (Å²) in [5.74, 6) is -3.20. The molecule has 8 nitrogen and oxygen atoms in total. The van der Waals surface area contributed by atoms with E-state index in [0.29, 0.717) is 12.1 Å². The van der Waals surface area contributed by atoms with Gasteiger partial charge in [0, 0.05) is 22.7 Å². The van der Waals surface area contributed by atoms with E-state index in [1.807, 2.05) is 0 Å². The molecule has 3 rings (SSSR count). The lowest BCUT2D eigenvalue weighted by Gasteiger charge is -2.25. The lowest BCUT2D eigenvalue weighted by molar-refractivity contribution is -0.159. The zero-order valence-electron chi connectivity index (χ0n) is 20.0. The number of halogens is 8. The largest absolute Gasteiger partial charge is 0.465 e. The van der Waals surface area contributed by atoms with E-state index >= 15 is 0 Å². The van der Waals surface area contributed by atoms with E-state index in [1.54, 1.807) is 0 Å². The summed E-state index contributed by atoms with van der Waals surface area (Å²) in [7, 11) is 0. The number of ether oxygens (including phenoxy) is 1. The normalized spacial score (nSPS) is 18.6. The molecule has 1 amide bonds. The highest BCUT2D eigenvalue weighted by atomic mass is 35.5. The molecule has 2 atom stereocenters. The number of nitrogens with zero attached hydrogens (tertiary/aromatic N) is 2. The Morgan fingerprint density at radius 2 is 1.79 bits per heavy atom. The summed E-state index contributed by atoms with van der Waals surface area (Å²) >= 11 is 5.84. The SMILES string of the molecule is CCOC(=O)CN1NC(C(F)(F)F)CC1N/C(=N\C(=O)c1ccc(C(F)(F)F)cc1)Nc1cc(F)cc(Cl)c1. The number of carbonyl (C=O) groups is 2. The molecule has 2 aromatic rings. The summed E-state index contributed by atoms with van der Waals surface area (Å²) in [4.78, 5) is 28.5. The molecule has 2 aromatic carbocycles. The minimum Gasteiger partial charge on any atom is -0.465 e. The number of alkyl halides is 6. The average molecular weight is 584 g/mol. The van der Waals surface area contributed by atoms with Gasteiger partial charge in [0.1, 0.15) is 18.4 Å². The topological polar surface area (TPSA) is 95.1 Å². The number of carbonyl (C=O) groups excluding carboxylic acids is 2. The molecule has 0 bridgehead atoms. The number of guanidine groups is 1. The van der Waals surface area contributed by atoms with Crippen LogP contribution in [0.15, 0.2) is 47.5 Å². The van der Waals surface area contributed by atoms with E-state index in [4.69, 9.17) is 16.3 Å². The van der Waals surface area contributed by atoms with E-state index in [0.717, 1.165) is 29.3 Å². The van der Waals surface area contributed by atoms with E-state index < -0.39 is 66.7 Å². The Morgan fingerprint density at radius 3 is 2.36 bits per heavy atom. The number of hydrogen-bond acceptors (Lipinski definition) is 5. The lowest BCUT2D eigenvalue weighted by Crippen LogP contribution is -2.52. The van der Waals surface area contributed by atoms with Gasteiger partial charge in [0.05, 0.1) is 18.3 Å². The molecule has 0 radical (unpaired) electrons. The van der Waals surface area contributed by atoms with Gasteiger partial charge in [-0.1, -0.05) is 11.6 Å². The van der Waals surface area contributed by atoms with Crippen molar-refractivity contribution in [2.24, 2.45) is 4.99 Å². The van der Waals surface area contributed by atoms with Gasteiger partial charge in [-0.15, -0.1) is 0 Å². The molecular formula is C23H21ClF7N5O3. The average Bonchev–Trinajstić information content (AvgIpc) is 3.20. The van der Waals surface area contributed by atoms with Crippen LogP contribution in [-0.4, -0.2) is 54.4 Å². The second-order valence-corrected chi connectivity index (χ2v) is 8.61. The van der Waals surface area contributed by atoms with Crippen LogP contribution in [0.3, 0.4) is 0 Å². The second kappa shape index (κ2) is 12.2. The van der Waals surface area contributed by atoms with Gasteiger partial charge >= 0.3 is 18.3 Å². The fourth-order valence-electron chi connectivity index (χ4n) is 3.52. The molecule has 1 saturated heterocycles. The van der Waals surface area contributed by atoms with Crippen LogP contribution in [0.5, 0.6) is 0 Å². The van der Waals surface area contributed by atoms with Crippen LogP contribution in [0.2, 0.25) is 5.02 Å². The van der Waals surface area contributed by atoms with Crippen molar-refractivity contribution >= 4 is 35.1 Å². The van der Waals surface area contributed by atoms with E-state index in [9.17, 15) is 40.3 Å². The first-order chi connectivity index (χ1) is 18.2. The van der Waals surface area contributed by atoms with E-state index in [-0.39, 0.29) is 22.9 Å². The molecule has 3 N–H and O–H groups in total. The number of aliphatic imine (C=N–C) groups is 1. The Hall–Kier alpha value is -3.43. The van der Waals surface area contributed by atoms with Gasteiger partial charge in [0.2, 0.25) is 5.96 Å². The van der Waals surface area contributed by atoms with Crippen LogP contribution in [0.4, 0.5) is 36.4 Å². The maximum absolute atomic E-state index is 13.9. The molecular weight excluding hydrogens is 563 g/mol. The minimum absolute atomic E-state index is 0.0241. The van der Waals surface area contributed by atoms with Crippen LogP contribution in [0, 0.1) is 5.82 Å². The van der Waals surface area contributed by atoms with Crippen LogP contribution < -0.4 is 16.1 Å². The molecule has 0 aromatic heterocycles. The van der Waals surface area contributed by atoms with Gasteiger partial charge in [0.15, 0.2) is 0 Å². The minimum atomic E-state index is -4.71. The maximum Gasteiger partial charge on any atom is 0.416 e. The Bertz CT molecular complexity index is 1200. The number of hydrogen-bond donors (Lipinski definition) is 3. The summed E-state index contributed by atoms with van der Waals surface area (Å²) in [6.45, 7) is 0.864. The van der Waals surface area contributed by atoms with Gasteiger partial charge in [-0.25, -0.2) is 14.8 Å². The molecule has 1 aliphatic heterocycles. The van der Waals surface area contributed by atoms with Crippen molar-refractivity contribution in [3.05, 3.63) is 64.4 Å². The number of benzene rings is 2. The molecule has 39 heavy (non-hydrogen) atoms. The Balaban J connectivity index is 1.93. The number of rotatable bonds is 6. The maximum atomic E-state index is 13.9. The van der Waals surface area contributed by atoms with Crippen molar-refractivity contribution in [1.82, 2.24) is 15.8 Å². The smallest absolute Gasteiger partial charge is 0.416 e. The lowest BCUT2D eigenvalue weighted by atomic mass is 10.1. The third kappa shape index (κ3) is 8.53. The van der Waals surface area contributed by atoms with Crippen LogP contribution >= 0.6 is 11.6 Å². The van der Waals surface area contributed by atoms with Gasteiger partial charge in [-0.3, -0.25) is 9.59 Å². The molecule has 16 heteroatoms. The highest BCUT2D eigenvalue weighted by Crippen LogP contribution is 2.30. The van der Waals surface area contributed by atoms with Crippen molar-refractivity contribution in [1.29, 1.82) is 0 Å². The van der Waals surface area contributed by atoms with Crippen LogP contribution in [0.1, 0.15) is 29.3 Å². The molecule has 0 spiro atoms. The molecule has 0 aliphatic carbocycles. The third-order valence-corrected chi connectivity index (χ3v) is 5.48. The third-order valence-electron chi connectivity index (χ3n) is 5.26. The molecule has 1 heterocycles. The first-order valence-electron chi connectivity index (χ1n) is 11.2. The van der Waals surface area contributed by atoms with Gasteiger partial charge in [-0.05, 0) is 49.4 Å². The standard InChI is InChI=1S/C23H21ClF7N5O3/c1-2-39-19(37)11-36-18(10-17(35-36)23(29,30)31)33-21(32-16-8-14(24)7-15(25)9-16)34-20(38)12-3-5-13(6-4-12)22(26,27)28/h3-9,17-18,35H,2,10-11H2,1H3,(H2,32,33,34,38). The summed E-state index contributed by atoms with van der Waals surface area (Å²) in [6.07, 6.45) is -11.3. The molecule has 1 fully saturated rings. The molecule has 0 saturated carbocycles. The molecule has 1 aliphatic rings. The summed E-state index contributed by atoms with van der Waals surface area (Å²) < 4.78 is 97.6. The van der Waals surface area contributed by atoms with Crippen LogP contribution in [-0.2, 0) is 15.7 Å².